The molecule has 0 radical (unpaired) electrons. The third kappa shape index (κ3) is 2.78. The smallest absolute Gasteiger partial charge is 0.305 e. The van der Waals surface area contributed by atoms with Crippen molar-refractivity contribution in [1.29, 1.82) is 0 Å². The second-order valence-electron chi connectivity index (χ2n) is 4.86. The minimum atomic E-state index is -0.950. The van der Waals surface area contributed by atoms with Gasteiger partial charge in [0.25, 0.3) is 5.91 Å². The van der Waals surface area contributed by atoms with Gasteiger partial charge in [-0.05, 0) is 37.5 Å². The van der Waals surface area contributed by atoms with E-state index in [0.717, 1.165) is 12.5 Å². The number of carbonyl (C=O) groups is 2. The van der Waals surface area contributed by atoms with Gasteiger partial charge in [-0.3, -0.25) is 9.59 Å². The van der Waals surface area contributed by atoms with Crippen molar-refractivity contribution >= 4 is 11.9 Å². The van der Waals surface area contributed by atoms with Crippen molar-refractivity contribution in [2.45, 2.75) is 31.2 Å². The van der Waals surface area contributed by atoms with Crippen molar-refractivity contribution in [1.82, 2.24) is 5.32 Å². The van der Waals surface area contributed by atoms with Gasteiger partial charge in [0, 0.05) is 5.56 Å². The van der Waals surface area contributed by atoms with Crippen LogP contribution in [0.2, 0.25) is 0 Å². The molecular formula is C13H15NO5. The number of phenols is 2. The molecule has 0 aliphatic heterocycles. The summed E-state index contributed by atoms with van der Waals surface area (Å²) in [6.07, 6.45) is 2.04. The molecule has 6 nitrogen and oxygen atoms in total. The SMILES string of the molecule is O=C(O)CC1(NC(=O)c2ccc(O)c(O)c2)CCC1. The normalized spacial score (nSPS) is 16.4. The first-order valence-electron chi connectivity index (χ1n) is 5.98. The Labute approximate surface area is 109 Å². The molecule has 1 amide bonds. The van der Waals surface area contributed by atoms with E-state index in [2.05, 4.69) is 5.32 Å². The fourth-order valence-corrected chi connectivity index (χ4v) is 2.22. The van der Waals surface area contributed by atoms with Crippen LogP contribution in [0.25, 0.3) is 0 Å². The molecule has 0 bridgehead atoms. The summed E-state index contributed by atoms with van der Waals surface area (Å²) in [7, 11) is 0. The third-order valence-electron chi connectivity index (χ3n) is 3.42. The fraction of sp³-hybridized carbons (Fsp3) is 0.385. The molecule has 2 rings (SSSR count). The molecule has 1 aliphatic carbocycles. The van der Waals surface area contributed by atoms with E-state index in [1.54, 1.807) is 0 Å². The van der Waals surface area contributed by atoms with Gasteiger partial charge in [-0.1, -0.05) is 0 Å². The lowest BCUT2D eigenvalue weighted by Crippen LogP contribution is -2.54. The highest BCUT2D eigenvalue weighted by Gasteiger charge is 2.40. The maximum absolute atomic E-state index is 12.0. The van der Waals surface area contributed by atoms with Gasteiger partial charge in [0.05, 0.1) is 12.0 Å². The molecule has 1 aromatic carbocycles. The van der Waals surface area contributed by atoms with Crippen LogP contribution in [0.1, 0.15) is 36.0 Å². The van der Waals surface area contributed by atoms with Gasteiger partial charge in [0.15, 0.2) is 11.5 Å². The summed E-state index contributed by atoms with van der Waals surface area (Å²) < 4.78 is 0. The zero-order valence-corrected chi connectivity index (χ0v) is 10.2. The minimum absolute atomic E-state index is 0.108. The minimum Gasteiger partial charge on any atom is -0.504 e. The van der Waals surface area contributed by atoms with E-state index >= 15 is 0 Å². The lowest BCUT2D eigenvalue weighted by Gasteiger charge is -2.41. The van der Waals surface area contributed by atoms with Crippen LogP contribution in [0.5, 0.6) is 11.5 Å². The molecule has 102 valence electrons. The summed E-state index contributed by atoms with van der Waals surface area (Å²) in [5, 5.41) is 30.1. The summed E-state index contributed by atoms with van der Waals surface area (Å²) >= 11 is 0. The van der Waals surface area contributed by atoms with Crippen LogP contribution in [0.4, 0.5) is 0 Å². The molecule has 0 aromatic heterocycles. The fourth-order valence-electron chi connectivity index (χ4n) is 2.22. The monoisotopic (exact) mass is 265 g/mol. The maximum Gasteiger partial charge on any atom is 0.305 e. The summed E-state index contributed by atoms with van der Waals surface area (Å²) in [5.41, 5.74) is -0.497. The predicted molar refractivity (Wildman–Crippen MR) is 66.1 cm³/mol. The predicted octanol–water partition coefficient (Wildman–Crippen LogP) is 1.22. The second-order valence-corrected chi connectivity index (χ2v) is 4.86. The number of nitrogens with one attached hydrogen (secondary N) is 1. The average Bonchev–Trinajstić information content (AvgIpc) is 2.29. The van der Waals surface area contributed by atoms with E-state index in [1.807, 2.05) is 0 Å². The van der Waals surface area contributed by atoms with Crippen LogP contribution in [-0.4, -0.2) is 32.7 Å². The molecule has 0 atom stereocenters. The highest BCUT2D eigenvalue weighted by Crippen LogP contribution is 2.35. The Kier molecular flexibility index (Phi) is 3.33. The molecule has 0 saturated heterocycles. The zero-order valence-electron chi connectivity index (χ0n) is 10.2. The first kappa shape index (κ1) is 13.2. The number of aliphatic carboxylic acids is 1. The first-order valence-corrected chi connectivity index (χ1v) is 5.98. The van der Waals surface area contributed by atoms with Crippen molar-refractivity contribution in [3.05, 3.63) is 23.8 Å². The number of rotatable bonds is 4. The maximum atomic E-state index is 12.0. The Bertz CT molecular complexity index is 522. The van der Waals surface area contributed by atoms with Gasteiger partial charge in [0.1, 0.15) is 0 Å². The van der Waals surface area contributed by atoms with Gasteiger partial charge in [-0.2, -0.15) is 0 Å². The van der Waals surface area contributed by atoms with Crippen LogP contribution in [0.3, 0.4) is 0 Å². The van der Waals surface area contributed by atoms with Crippen LogP contribution in [-0.2, 0) is 4.79 Å². The Balaban J connectivity index is 2.11. The standard InChI is InChI=1S/C13H15NO5/c15-9-3-2-8(6-10(9)16)12(19)14-13(4-1-5-13)7-11(17)18/h2-3,6,15-16H,1,4-5,7H2,(H,14,19)(H,17,18). The quantitative estimate of drug-likeness (QED) is 0.612. The molecule has 0 heterocycles. The van der Waals surface area contributed by atoms with Crippen LogP contribution in [0.15, 0.2) is 18.2 Å². The topological polar surface area (TPSA) is 107 Å². The molecule has 4 N–H and O–H groups in total. The number of hydrogen-bond acceptors (Lipinski definition) is 4. The number of hydrogen-bond donors (Lipinski definition) is 4. The molecule has 1 aromatic rings. The number of phenolic OH excluding ortho intramolecular Hbond substituents is 2. The second kappa shape index (κ2) is 4.79. The Morgan fingerprint density at radius 2 is 1.89 bits per heavy atom. The van der Waals surface area contributed by atoms with Crippen molar-refractivity contribution in [3.63, 3.8) is 0 Å². The van der Waals surface area contributed by atoms with Crippen LogP contribution >= 0.6 is 0 Å². The molecule has 1 saturated carbocycles. The summed E-state index contributed by atoms with van der Waals surface area (Å²) in [5.74, 6) is -2.08. The van der Waals surface area contributed by atoms with E-state index < -0.39 is 17.4 Å². The molecule has 0 unspecified atom stereocenters. The molecule has 19 heavy (non-hydrogen) atoms. The molecule has 1 aliphatic rings. The Morgan fingerprint density at radius 1 is 1.21 bits per heavy atom. The summed E-state index contributed by atoms with van der Waals surface area (Å²) in [6.45, 7) is 0. The summed E-state index contributed by atoms with van der Waals surface area (Å²) in [4.78, 5) is 22.8. The molecule has 6 heteroatoms. The largest absolute Gasteiger partial charge is 0.504 e. The molecule has 1 fully saturated rings. The van der Waals surface area contributed by atoms with E-state index in [9.17, 15) is 19.8 Å². The van der Waals surface area contributed by atoms with E-state index in [1.165, 1.54) is 12.1 Å². The molecule has 0 spiro atoms. The van der Waals surface area contributed by atoms with Crippen molar-refractivity contribution in [2.75, 3.05) is 0 Å². The number of aromatic hydroxyl groups is 2. The Hall–Kier alpha value is -2.24. The lowest BCUT2D eigenvalue weighted by molar-refractivity contribution is -0.139. The lowest BCUT2D eigenvalue weighted by atomic mass is 9.74. The number of benzene rings is 1. The van der Waals surface area contributed by atoms with Gasteiger partial charge in [-0.15, -0.1) is 0 Å². The molecular weight excluding hydrogens is 250 g/mol. The average molecular weight is 265 g/mol. The van der Waals surface area contributed by atoms with Crippen LogP contribution in [0, 0.1) is 0 Å². The van der Waals surface area contributed by atoms with Gasteiger partial charge in [-0.25, -0.2) is 0 Å². The van der Waals surface area contributed by atoms with Crippen molar-refractivity contribution in [3.8, 4) is 11.5 Å². The number of amides is 1. The number of carbonyl (C=O) groups excluding carboxylic acids is 1. The zero-order chi connectivity index (χ0) is 14.0. The third-order valence-corrected chi connectivity index (χ3v) is 3.42. The van der Waals surface area contributed by atoms with E-state index in [4.69, 9.17) is 5.11 Å². The highest BCUT2D eigenvalue weighted by molar-refractivity contribution is 5.95. The van der Waals surface area contributed by atoms with Gasteiger partial charge >= 0.3 is 5.97 Å². The van der Waals surface area contributed by atoms with Gasteiger partial charge in [0.2, 0.25) is 0 Å². The first-order chi connectivity index (χ1) is 8.92. The van der Waals surface area contributed by atoms with Crippen molar-refractivity contribution < 1.29 is 24.9 Å². The van der Waals surface area contributed by atoms with E-state index in [0.29, 0.717) is 12.8 Å². The van der Waals surface area contributed by atoms with E-state index in [-0.39, 0.29) is 23.5 Å². The number of carboxylic acid groups (broad SMARTS) is 1. The highest BCUT2D eigenvalue weighted by atomic mass is 16.4. The summed E-state index contributed by atoms with van der Waals surface area (Å²) in [6, 6.07) is 3.74. The van der Waals surface area contributed by atoms with Crippen molar-refractivity contribution in [2.24, 2.45) is 0 Å². The number of carboxylic acids is 1. The Morgan fingerprint density at radius 3 is 2.37 bits per heavy atom. The van der Waals surface area contributed by atoms with Gasteiger partial charge < -0.3 is 20.6 Å². The van der Waals surface area contributed by atoms with Crippen LogP contribution < -0.4 is 5.32 Å².